The molecule has 21 heavy (non-hydrogen) atoms. The molecule has 4 aromatic rings. The van der Waals surface area contributed by atoms with Crippen LogP contribution in [0.1, 0.15) is 0 Å². The summed E-state index contributed by atoms with van der Waals surface area (Å²) in [5.74, 6) is 0. The maximum atomic E-state index is 4.09. The van der Waals surface area contributed by atoms with Crippen LogP contribution in [0.5, 0.6) is 0 Å². The first-order valence-corrected chi connectivity index (χ1v) is 6.83. The lowest BCUT2D eigenvalue weighted by molar-refractivity contribution is 0.942. The van der Waals surface area contributed by atoms with Crippen molar-refractivity contribution in [1.29, 1.82) is 0 Å². The molecule has 2 aromatic heterocycles. The molecule has 0 saturated heterocycles. The molecule has 0 saturated carbocycles. The highest BCUT2D eigenvalue weighted by Gasteiger charge is 2.04. The number of aryl methyl sites for hydroxylation is 1. The summed E-state index contributed by atoms with van der Waals surface area (Å²) in [6.45, 7) is 0. The van der Waals surface area contributed by atoms with Crippen LogP contribution >= 0.6 is 0 Å². The predicted octanol–water partition coefficient (Wildman–Crippen LogP) is 3.63. The first-order chi connectivity index (χ1) is 10.3. The lowest BCUT2D eigenvalue weighted by Crippen LogP contribution is -1.84. The van der Waals surface area contributed by atoms with Gasteiger partial charge in [0.2, 0.25) is 0 Å². The lowest BCUT2D eigenvalue weighted by atomic mass is 10.0. The Balaban J connectivity index is 1.74. The van der Waals surface area contributed by atoms with Crippen LogP contribution in [-0.4, -0.2) is 20.0 Å². The Kier molecular flexibility index (Phi) is 2.60. The molecule has 0 bridgehead atoms. The average Bonchev–Trinajstić information content (AvgIpc) is 3.18. The standard InChI is InChI=1S/C17H14N4/c1-21-9-8-15-10-14(6-7-17(15)21)12-2-4-13(5-3-12)16-11-18-20-19-16/h2-11H,1H3,(H,18,19,20). The third-order valence-corrected chi connectivity index (χ3v) is 3.81. The number of aromatic nitrogens is 4. The highest BCUT2D eigenvalue weighted by atomic mass is 15.3. The largest absolute Gasteiger partial charge is 0.351 e. The van der Waals surface area contributed by atoms with Crippen molar-refractivity contribution in [2.24, 2.45) is 7.05 Å². The van der Waals surface area contributed by atoms with E-state index in [4.69, 9.17) is 0 Å². The molecule has 4 nitrogen and oxygen atoms in total. The number of hydrogen-bond donors (Lipinski definition) is 1. The van der Waals surface area contributed by atoms with Crippen LogP contribution in [0.3, 0.4) is 0 Å². The van der Waals surface area contributed by atoms with Gasteiger partial charge >= 0.3 is 0 Å². The van der Waals surface area contributed by atoms with Crippen molar-refractivity contribution < 1.29 is 0 Å². The minimum absolute atomic E-state index is 0.861. The van der Waals surface area contributed by atoms with Gasteiger partial charge in [0, 0.05) is 29.7 Å². The molecule has 0 radical (unpaired) electrons. The molecule has 0 fully saturated rings. The fraction of sp³-hybridized carbons (Fsp3) is 0.0588. The molecule has 102 valence electrons. The van der Waals surface area contributed by atoms with Crippen molar-refractivity contribution in [3.63, 3.8) is 0 Å². The van der Waals surface area contributed by atoms with Crippen molar-refractivity contribution in [3.05, 3.63) is 60.9 Å². The summed E-state index contributed by atoms with van der Waals surface area (Å²) in [5.41, 5.74) is 5.60. The Morgan fingerprint density at radius 3 is 2.43 bits per heavy atom. The van der Waals surface area contributed by atoms with E-state index < -0.39 is 0 Å². The Labute approximate surface area is 122 Å². The van der Waals surface area contributed by atoms with Gasteiger partial charge in [0.1, 0.15) is 5.69 Å². The smallest absolute Gasteiger partial charge is 0.112 e. The second-order valence-corrected chi connectivity index (χ2v) is 5.13. The van der Waals surface area contributed by atoms with Crippen LogP contribution < -0.4 is 0 Å². The van der Waals surface area contributed by atoms with Crippen molar-refractivity contribution >= 4 is 10.9 Å². The summed E-state index contributed by atoms with van der Waals surface area (Å²) in [6.07, 6.45) is 3.81. The van der Waals surface area contributed by atoms with Crippen LogP contribution in [0.4, 0.5) is 0 Å². The minimum Gasteiger partial charge on any atom is -0.351 e. The Morgan fingerprint density at radius 2 is 1.67 bits per heavy atom. The molecule has 0 aliphatic heterocycles. The van der Waals surface area contributed by atoms with Gasteiger partial charge in [-0.2, -0.15) is 15.4 Å². The maximum Gasteiger partial charge on any atom is 0.112 e. The van der Waals surface area contributed by atoms with Crippen molar-refractivity contribution in [2.45, 2.75) is 0 Å². The number of nitrogens with zero attached hydrogens (tertiary/aromatic N) is 3. The van der Waals surface area contributed by atoms with Crippen LogP contribution in [0, 0.1) is 0 Å². The van der Waals surface area contributed by atoms with Gasteiger partial charge in [0.15, 0.2) is 0 Å². The van der Waals surface area contributed by atoms with Gasteiger partial charge in [-0.25, -0.2) is 0 Å². The summed E-state index contributed by atoms with van der Waals surface area (Å²) in [7, 11) is 2.06. The monoisotopic (exact) mass is 274 g/mol. The van der Waals surface area contributed by atoms with E-state index in [-0.39, 0.29) is 0 Å². The number of benzene rings is 2. The fourth-order valence-corrected chi connectivity index (χ4v) is 2.64. The van der Waals surface area contributed by atoms with Gasteiger partial charge in [-0.3, -0.25) is 0 Å². The summed E-state index contributed by atoms with van der Waals surface area (Å²) >= 11 is 0. The number of H-pyrrole nitrogens is 1. The zero-order chi connectivity index (χ0) is 14.2. The molecule has 2 heterocycles. The summed E-state index contributed by atoms with van der Waals surface area (Å²) < 4.78 is 2.13. The number of nitrogens with one attached hydrogen (secondary N) is 1. The quantitative estimate of drug-likeness (QED) is 0.606. The van der Waals surface area contributed by atoms with Gasteiger partial charge in [0.25, 0.3) is 0 Å². The molecule has 0 atom stereocenters. The van der Waals surface area contributed by atoms with Gasteiger partial charge in [-0.05, 0) is 29.3 Å². The van der Waals surface area contributed by atoms with E-state index in [1.807, 2.05) is 0 Å². The molecule has 0 unspecified atom stereocenters. The average molecular weight is 274 g/mol. The zero-order valence-electron chi connectivity index (χ0n) is 11.6. The van der Waals surface area contributed by atoms with Crippen LogP contribution in [0.25, 0.3) is 33.3 Å². The fourth-order valence-electron chi connectivity index (χ4n) is 2.64. The third kappa shape index (κ3) is 2.01. The van der Waals surface area contributed by atoms with E-state index in [0.717, 1.165) is 11.3 Å². The van der Waals surface area contributed by atoms with Crippen molar-refractivity contribution in [3.8, 4) is 22.4 Å². The second-order valence-electron chi connectivity index (χ2n) is 5.13. The number of aromatic amines is 1. The first kappa shape index (κ1) is 11.9. The predicted molar refractivity (Wildman–Crippen MR) is 83.7 cm³/mol. The highest BCUT2D eigenvalue weighted by Crippen LogP contribution is 2.26. The van der Waals surface area contributed by atoms with Crippen LogP contribution in [-0.2, 0) is 7.05 Å². The zero-order valence-corrected chi connectivity index (χ0v) is 11.6. The normalized spacial score (nSPS) is 11.1. The van der Waals surface area contributed by atoms with Gasteiger partial charge in [-0.15, -0.1) is 0 Å². The molecule has 1 N–H and O–H groups in total. The van der Waals surface area contributed by atoms with E-state index >= 15 is 0 Å². The van der Waals surface area contributed by atoms with E-state index in [1.54, 1.807) is 6.20 Å². The molecule has 0 aliphatic rings. The lowest BCUT2D eigenvalue weighted by Gasteiger charge is -2.04. The van der Waals surface area contributed by atoms with Gasteiger partial charge < -0.3 is 4.57 Å². The number of rotatable bonds is 2. The van der Waals surface area contributed by atoms with Gasteiger partial charge in [0.05, 0.1) is 6.20 Å². The van der Waals surface area contributed by atoms with E-state index in [2.05, 4.69) is 81.8 Å². The minimum atomic E-state index is 0.861. The molecule has 0 spiro atoms. The molecule has 4 rings (SSSR count). The SMILES string of the molecule is Cn1ccc2cc(-c3ccc(-c4cn[nH]n4)cc3)ccc21. The van der Waals surface area contributed by atoms with E-state index in [9.17, 15) is 0 Å². The molecular weight excluding hydrogens is 260 g/mol. The second kappa shape index (κ2) is 4.59. The van der Waals surface area contributed by atoms with Crippen LogP contribution in [0.2, 0.25) is 0 Å². The Bertz CT molecular complexity index is 886. The molecular formula is C17H14N4. The summed E-state index contributed by atoms with van der Waals surface area (Å²) in [5, 5.41) is 11.8. The summed E-state index contributed by atoms with van der Waals surface area (Å²) in [4.78, 5) is 0. The first-order valence-electron chi connectivity index (χ1n) is 6.83. The topological polar surface area (TPSA) is 46.5 Å². The third-order valence-electron chi connectivity index (χ3n) is 3.81. The van der Waals surface area contributed by atoms with Crippen LogP contribution in [0.15, 0.2) is 60.9 Å². The molecule has 4 heteroatoms. The molecule has 2 aromatic carbocycles. The summed E-state index contributed by atoms with van der Waals surface area (Å²) in [6, 6.07) is 17.1. The van der Waals surface area contributed by atoms with Gasteiger partial charge in [-0.1, -0.05) is 30.3 Å². The van der Waals surface area contributed by atoms with E-state index in [1.165, 1.54) is 22.0 Å². The molecule has 0 amide bonds. The Morgan fingerprint density at radius 1 is 0.905 bits per heavy atom. The van der Waals surface area contributed by atoms with Crippen molar-refractivity contribution in [2.75, 3.05) is 0 Å². The number of hydrogen-bond acceptors (Lipinski definition) is 2. The number of fused-ring (bicyclic) bond motifs is 1. The Hall–Kier alpha value is -2.88. The van der Waals surface area contributed by atoms with E-state index in [0.29, 0.717) is 0 Å². The van der Waals surface area contributed by atoms with Crippen molar-refractivity contribution in [1.82, 2.24) is 20.0 Å². The highest BCUT2D eigenvalue weighted by molar-refractivity contribution is 5.85. The molecule has 0 aliphatic carbocycles. The maximum absolute atomic E-state index is 4.09.